The lowest BCUT2D eigenvalue weighted by Crippen LogP contribution is -2.40. The van der Waals surface area contributed by atoms with Crippen molar-refractivity contribution in [3.8, 4) is 0 Å². The molecule has 2 unspecified atom stereocenters. The fraction of sp³-hybridized carbons (Fsp3) is 0.714. The number of thiophene rings is 1. The summed E-state index contributed by atoms with van der Waals surface area (Å²) in [5.74, 6) is 0.525. The minimum Gasteiger partial charge on any atom is -0.395 e. The lowest BCUT2D eigenvalue weighted by molar-refractivity contribution is 0.0271. The molecule has 0 saturated carbocycles. The molecule has 1 heterocycles. The van der Waals surface area contributed by atoms with E-state index in [2.05, 4.69) is 19.2 Å². The van der Waals surface area contributed by atoms with Gasteiger partial charge in [-0.3, -0.25) is 0 Å². The Balaban J connectivity index is 2.11. The van der Waals surface area contributed by atoms with Crippen LogP contribution in [-0.2, 0) is 11.3 Å². The van der Waals surface area contributed by atoms with Gasteiger partial charge in [-0.05, 0) is 23.8 Å². The molecule has 2 atom stereocenters. The van der Waals surface area contributed by atoms with Crippen molar-refractivity contribution < 1.29 is 14.9 Å². The van der Waals surface area contributed by atoms with Crippen LogP contribution in [0.15, 0.2) is 17.5 Å². The third kappa shape index (κ3) is 7.64. The van der Waals surface area contributed by atoms with Gasteiger partial charge in [0.25, 0.3) is 0 Å². The van der Waals surface area contributed by atoms with Crippen molar-refractivity contribution in [3.05, 3.63) is 22.4 Å². The monoisotopic (exact) mass is 287 g/mol. The van der Waals surface area contributed by atoms with E-state index in [0.717, 1.165) is 11.3 Å². The average molecular weight is 287 g/mol. The maximum Gasteiger partial charge on any atom is 0.0897 e. The van der Waals surface area contributed by atoms with Gasteiger partial charge in [-0.1, -0.05) is 19.9 Å². The molecular formula is C14H25NO3S. The third-order valence-electron chi connectivity index (χ3n) is 2.75. The second-order valence-corrected chi connectivity index (χ2v) is 6.20. The van der Waals surface area contributed by atoms with E-state index in [0.29, 0.717) is 25.7 Å². The van der Waals surface area contributed by atoms with Crippen LogP contribution in [0.5, 0.6) is 0 Å². The van der Waals surface area contributed by atoms with Gasteiger partial charge in [-0.25, -0.2) is 0 Å². The summed E-state index contributed by atoms with van der Waals surface area (Å²) in [6.07, 6.45) is 0.361. The highest BCUT2D eigenvalue weighted by Crippen LogP contribution is 2.09. The lowest BCUT2D eigenvalue weighted by Gasteiger charge is -2.20. The van der Waals surface area contributed by atoms with E-state index in [-0.39, 0.29) is 12.6 Å². The van der Waals surface area contributed by atoms with Crippen molar-refractivity contribution in [1.29, 1.82) is 0 Å². The highest BCUT2D eigenvalue weighted by Gasteiger charge is 2.12. The van der Waals surface area contributed by atoms with Crippen molar-refractivity contribution in [2.24, 2.45) is 5.92 Å². The molecule has 0 aliphatic heterocycles. The molecule has 0 saturated heterocycles. The molecule has 0 fully saturated rings. The molecule has 0 radical (unpaired) electrons. The first-order chi connectivity index (χ1) is 9.11. The van der Waals surface area contributed by atoms with Crippen molar-refractivity contribution in [2.75, 3.05) is 19.8 Å². The molecule has 19 heavy (non-hydrogen) atoms. The molecule has 110 valence electrons. The Morgan fingerprint density at radius 3 is 2.79 bits per heavy atom. The normalized spacial score (nSPS) is 14.8. The molecule has 0 aromatic carbocycles. The van der Waals surface area contributed by atoms with Crippen LogP contribution < -0.4 is 5.32 Å². The minimum absolute atomic E-state index is 0.0481. The molecule has 1 rings (SSSR count). The van der Waals surface area contributed by atoms with Gasteiger partial charge in [0.2, 0.25) is 0 Å². The van der Waals surface area contributed by atoms with Gasteiger partial charge in [-0.15, -0.1) is 11.3 Å². The highest BCUT2D eigenvalue weighted by atomic mass is 32.1. The van der Waals surface area contributed by atoms with Gasteiger partial charge < -0.3 is 20.3 Å². The number of ether oxygens (including phenoxy) is 1. The van der Waals surface area contributed by atoms with E-state index in [1.165, 1.54) is 0 Å². The summed E-state index contributed by atoms with van der Waals surface area (Å²) >= 11 is 1.65. The minimum atomic E-state index is -0.541. The fourth-order valence-electron chi connectivity index (χ4n) is 1.84. The van der Waals surface area contributed by atoms with E-state index >= 15 is 0 Å². The maximum absolute atomic E-state index is 9.79. The Hall–Kier alpha value is -0.460. The summed E-state index contributed by atoms with van der Waals surface area (Å²) in [7, 11) is 0. The largest absolute Gasteiger partial charge is 0.395 e. The van der Waals surface area contributed by atoms with Crippen molar-refractivity contribution in [2.45, 2.75) is 39.0 Å². The van der Waals surface area contributed by atoms with Gasteiger partial charge in [0.1, 0.15) is 0 Å². The first-order valence-electron chi connectivity index (χ1n) is 6.74. The van der Waals surface area contributed by atoms with Crippen molar-refractivity contribution >= 4 is 11.3 Å². The molecule has 0 bridgehead atoms. The summed E-state index contributed by atoms with van der Waals surface area (Å²) in [6.45, 7) is 5.63. The number of rotatable bonds is 10. The van der Waals surface area contributed by atoms with E-state index in [1.54, 1.807) is 11.3 Å². The quantitative estimate of drug-likeness (QED) is 0.612. The molecule has 5 heteroatoms. The van der Waals surface area contributed by atoms with Crippen molar-refractivity contribution in [3.63, 3.8) is 0 Å². The van der Waals surface area contributed by atoms with Gasteiger partial charge >= 0.3 is 0 Å². The Bertz CT molecular complexity index is 317. The summed E-state index contributed by atoms with van der Waals surface area (Å²) in [6, 6.07) is 4.05. The van der Waals surface area contributed by atoms with Crippen LogP contribution in [0.1, 0.15) is 25.1 Å². The van der Waals surface area contributed by atoms with Crippen LogP contribution in [0.3, 0.4) is 0 Å². The zero-order chi connectivity index (χ0) is 14.1. The van der Waals surface area contributed by atoms with Crippen LogP contribution in [0.4, 0.5) is 0 Å². The van der Waals surface area contributed by atoms with Gasteiger partial charge in [0, 0.05) is 17.5 Å². The van der Waals surface area contributed by atoms with E-state index in [1.807, 2.05) is 17.5 Å². The Kier molecular flexibility index (Phi) is 8.25. The van der Waals surface area contributed by atoms with Crippen LogP contribution in [-0.4, -0.2) is 42.1 Å². The summed E-state index contributed by atoms with van der Waals surface area (Å²) in [5, 5.41) is 24.2. The second-order valence-electron chi connectivity index (χ2n) is 5.17. The predicted octanol–water partition coefficient (Wildman–Crippen LogP) is 1.62. The zero-order valence-corrected chi connectivity index (χ0v) is 12.5. The van der Waals surface area contributed by atoms with Gasteiger partial charge in [-0.2, -0.15) is 0 Å². The first-order valence-corrected chi connectivity index (χ1v) is 7.62. The lowest BCUT2D eigenvalue weighted by atomic mass is 10.0. The molecule has 1 aromatic heterocycles. The van der Waals surface area contributed by atoms with Crippen LogP contribution in [0.25, 0.3) is 0 Å². The summed E-state index contributed by atoms with van der Waals surface area (Å²) in [4.78, 5) is 1.16. The molecule has 0 aliphatic rings. The molecule has 0 aliphatic carbocycles. The Labute approximate surface area is 119 Å². The van der Waals surface area contributed by atoms with Gasteiger partial charge in [0.05, 0.1) is 25.9 Å². The number of aliphatic hydroxyl groups is 2. The van der Waals surface area contributed by atoms with E-state index < -0.39 is 6.10 Å². The average Bonchev–Trinajstić information content (AvgIpc) is 2.87. The number of hydrogen-bond acceptors (Lipinski definition) is 5. The first kappa shape index (κ1) is 16.6. The second kappa shape index (κ2) is 9.44. The Morgan fingerprint density at radius 2 is 2.21 bits per heavy atom. The third-order valence-corrected chi connectivity index (χ3v) is 3.60. The van der Waals surface area contributed by atoms with Crippen LogP contribution in [0, 0.1) is 5.92 Å². The van der Waals surface area contributed by atoms with Crippen molar-refractivity contribution in [1.82, 2.24) is 5.32 Å². The molecule has 0 spiro atoms. The molecule has 4 nitrogen and oxygen atoms in total. The SMILES string of the molecule is CC(C)CC(CO)NCC(O)COCc1cccs1. The number of nitrogens with one attached hydrogen (secondary N) is 1. The van der Waals surface area contributed by atoms with Crippen LogP contribution in [0.2, 0.25) is 0 Å². The maximum atomic E-state index is 9.79. The highest BCUT2D eigenvalue weighted by molar-refractivity contribution is 7.09. The van der Waals surface area contributed by atoms with Crippen LogP contribution >= 0.6 is 11.3 Å². The Morgan fingerprint density at radius 1 is 1.42 bits per heavy atom. The summed E-state index contributed by atoms with van der Waals surface area (Å²) < 4.78 is 5.44. The standard InChI is InChI=1S/C14H25NO3S/c1-11(2)6-12(8-16)15-7-13(17)9-18-10-14-4-3-5-19-14/h3-5,11-13,15-17H,6-10H2,1-2H3. The zero-order valence-electron chi connectivity index (χ0n) is 11.7. The fourth-order valence-corrected chi connectivity index (χ4v) is 2.48. The molecular weight excluding hydrogens is 262 g/mol. The van der Waals surface area contributed by atoms with E-state index in [4.69, 9.17) is 4.74 Å². The summed E-state index contributed by atoms with van der Waals surface area (Å²) in [5.41, 5.74) is 0. The number of aliphatic hydroxyl groups excluding tert-OH is 2. The topological polar surface area (TPSA) is 61.7 Å². The van der Waals surface area contributed by atoms with Gasteiger partial charge in [0.15, 0.2) is 0 Å². The number of hydrogen-bond donors (Lipinski definition) is 3. The molecule has 3 N–H and O–H groups in total. The predicted molar refractivity (Wildman–Crippen MR) is 78.3 cm³/mol. The van der Waals surface area contributed by atoms with E-state index in [9.17, 15) is 10.2 Å². The molecule has 1 aromatic rings. The molecule has 0 amide bonds. The smallest absolute Gasteiger partial charge is 0.0897 e.